The first-order valence-electron chi connectivity index (χ1n) is 12.8. The summed E-state index contributed by atoms with van der Waals surface area (Å²) in [6.07, 6.45) is 4.46. The number of carbonyl (C=O) groups is 1. The number of ether oxygens (including phenoxy) is 2. The smallest absolute Gasteiger partial charge is 0.243 e. The molecule has 1 aliphatic carbocycles. The van der Waals surface area contributed by atoms with Crippen molar-refractivity contribution >= 4 is 21.6 Å². The second kappa shape index (κ2) is 9.19. The molecule has 0 spiro atoms. The van der Waals surface area contributed by atoms with Crippen LogP contribution in [0.4, 0.5) is 5.69 Å². The Balaban J connectivity index is 0.00000294. The molecule has 37 heavy (non-hydrogen) atoms. The maximum Gasteiger partial charge on any atom is 0.243 e. The fourth-order valence-electron chi connectivity index (χ4n) is 5.29. The van der Waals surface area contributed by atoms with Crippen molar-refractivity contribution < 1.29 is 24.1 Å². The monoisotopic (exact) mass is 520 g/mol. The largest absolute Gasteiger partial charge is 0.454 e. The predicted molar refractivity (Wildman–Crippen MR) is 143 cm³/mol. The first-order chi connectivity index (χ1) is 17.9. The maximum absolute atomic E-state index is 13.4. The van der Waals surface area contributed by atoms with E-state index in [2.05, 4.69) is 5.32 Å². The second-order valence-electron chi connectivity index (χ2n) is 10.1. The summed E-state index contributed by atoms with van der Waals surface area (Å²) in [6, 6.07) is 18.6. The summed E-state index contributed by atoms with van der Waals surface area (Å²) in [5.41, 5.74) is 3.99. The van der Waals surface area contributed by atoms with Crippen LogP contribution >= 0.6 is 0 Å². The van der Waals surface area contributed by atoms with E-state index < -0.39 is 15.4 Å². The van der Waals surface area contributed by atoms with Gasteiger partial charge in [-0.25, -0.2) is 8.42 Å². The highest BCUT2D eigenvalue weighted by atomic mass is 32.2. The van der Waals surface area contributed by atoms with E-state index in [1.165, 1.54) is 0 Å². The SMILES string of the molecule is Cc1ccc(NC(=O)C2(c3ccc4c(c3)OCO4)CC2)cc1-c1ccc(S(=O)(=O)N2CCCCC2)cc1.[HH]. The Bertz CT molecular complexity index is 1460. The molecule has 1 amide bonds. The summed E-state index contributed by atoms with van der Waals surface area (Å²) in [6.45, 7) is 3.38. The van der Waals surface area contributed by atoms with Crippen molar-refractivity contribution in [1.29, 1.82) is 0 Å². The van der Waals surface area contributed by atoms with E-state index in [-0.39, 0.29) is 14.1 Å². The fourth-order valence-corrected chi connectivity index (χ4v) is 6.81. The first-order valence-corrected chi connectivity index (χ1v) is 14.2. The first kappa shape index (κ1) is 24.0. The van der Waals surface area contributed by atoms with Crippen molar-refractivity contribution in [1.82, 2.24) is 4.31 Å². The molecule has 3 aliphatic rings. The van der Waals surface area contributed by atoms with Gasteiger partial charge in [-0.1, -0.05) is 30.7 Å². The van der Waals surface area contributed by atoms with E-state index in [0.717, 1.165) is 54.4 Å². The van der Waals surface area contributed by atoms with Crippen LogP contribution in [0.2, 0.25) is 0 Å². The van der Waals surface area contributed by atoms with Crippen LogP contribution in [0.15, 0.2) is 65.6 Å². The van der Waals surface area contributed by atoms with Gasteiger partial charge in [0.25, 0.3) is 0 Å². The van der Waals surface area contributed by atoms with Gasteiger partial charge in [0.1, 0.15) is 0 Å². The van der Waals surface area contributed by atoms with Crippen molar-refractivity contribution in [3.05, 3.63) is 71.8 Å². The van der Waals surface area contributed by atoms with Crippen LogP contribution < -0.4 is 14.8 Å². The fraction of sp³-hybridized carbons (Fsp3) is 0.345. The molecule has 1 N–H and O–H groups in total. The minimum Gasteiger partial charge on any atom is -0.454 e. The average Bonchev–Trinajstić information content (AvgIpc) is 3.61. The number of sulfonamides is 1. The molecular weight excluding hydrogens is 488 g/mol. The molecule has 194 valence electrons. The zero-order valence-corrected chi connectivity index (χ0v) is 21.6. The zero-order valence-electron chi connectivity index (χ0n) is 20.8. The lowest BCUT2D eigenvalue weighted by Gasteiger charge is -2.26. The molecule has 0 unspecified atom stereocenters. The van der Waals surface area contributed by atoms with Crippen LogP contribution in [0.5, 0.6) is 11.5 Å². The maximum atomic E-state index is 13.4. The van der Waals surface area contributed by atoms with Gasteiger partial charge in [0.05, 0.1) is 10.3 Å². The number of piperidine rings is 1. The number of hydrogen-bond acceptors (Lipinski definition) is 5. The van der Waals surface area contributed by atoms with Gasteiger partial charge >= 0.3 is 0 Å². The quantitative estimate of drug-likeness (QED) is 0.465. The second-order valence-corrected chi connectivity index (χ2v) is 12.1. The zero-order chi connectivity index (χ0) is 25.6. The van der Waals surface area contributed by atoms with Crippen molar-refractivity contribution in [2.24, 2.45) is 0 Å². The summed E-state index contributed by atoms with van der Waals surface area (Å²) < 4.78 is 38.5. The number of benzene rings is 3. The third-order valence-corrected chi connectivity index (χ3v) is 9.64. The number of fused-ring (bicyclic) bond motifs is 1. The Kier molecular flexibility index (Phi) is 5.96. The van der Waals surface area contributed by atoms with Crippen LogP contribution in [0.3, 0.4) is 0 Å². The number of nitrogens with zero attached hydrogens (tertiary/aromatic N) is 1. The lowest BCUT2D eigenvalue weighted by atomic mass is 9.94. The standard InChI is InChI=1S/C29H30N2O5S.H2/c1-20-5-9-23(30-28(32)29(13-14-29)22-8-12-26-27(17-22)36-19-35-26)18-25(20)21-6-10-24(11-7-21)37(33,34)31-15-3-2-4-16-31;/h5-12,17-18H,2-4,13-16,19H2,1H3,(H,30,32);1H. The number of carbonyl (C=O) groups excluding carboxylic acids is 1. The Labute approximate surface area is 218 Å². The van der Waals surface area contributed by atoms with Gasteiger partial charge in [0.15, 0.2) is 11.5 Å². The van der Waals surface area contributed by atoms with Crippen LogP contribution in [0.1, 0.15) is 44.7 Å². The predicted octanol–water partition coefficient (Wildman–Crippen LogP) is 5.48. The van der Waals surface area contributed by atoms with Crippen molar-refractivity contribution in [3.8, 4) is 22.6 Å². The molecule has 1 saturated heterocycles. The number of amides is 1. The molecule has 0 atom stereocenters. The summed E-state index contributed by atoms with van der Waals surface area (Å²) >= 11 is 0. The number of hydrogen-bond donors (Lipinski definition) is 1. The Morgan fingerprint density at radius 2 is 1.65 bits per heavy atom. The van der Waals surface area contributed by atoms with Crippen molar-refractivity contribution in [2.75, 3.05) is 25.2 Å². The molecule has 3 aromatic rings. The molecule has 8 heteroatoms. The van der Waals surface area contributed by atoms with E-state index in [9.17, 15) is 13.2 Å². The van der Waals surface area contributed by atoms with Crippen molar-refractivity contribution in [3.63, 3.8) is 0 Å². The molecule has 7 nitrogen and oxygen atoms in total. The molecular formula is C29H32N2O5S. The average molecular weight is 521 g/mol. The number of aryl methyl sites for hydroxylation is 1. The molecule has 2 aliphatic heterocycles. The highest BCUT2D eigenvalue weighted by Crippen LogP contribution is 2.51. The van der Waals surface area contributed by atoms with Gasteiger partial charge in [-0.2, -0.15) is 4.31 Å². The minimum atomic E-state index is -3.48. The molecule has 0 radical (unpaired) electrons. The van der Waals surface area contributed by atoms with Crippen LogP contribution in [-0.4, -0.2) is 38.5 Å². The Morgan fingerprint density at radius 1 is 0.919 bits per heavy atom. The molecule has 2 fully saturated rings. The molecule has 6 rings (SSSR count). The van der Waals surface area contributed by atoms with E-state index in [0.29, 0.717) is 35.2 Å². The van der Waals surface area contributed by atoms with Gasteiger partial charge in [-0.3, -0.25) is 4.79 Å². The third-order valence-electron chi connectivity index (χ3n) is 7.72. The van der Waals surface area contributed by atoms with E-state index in [1.807, 2.05) is 55.5 Å². The number of nitrogens with one attached hydrogen (secondary N) is 1. The van der Waals surface area contributed by atoms with E-state index in [1.54, 1.807) is 16.4 Å². The highest BCUT2D eigenvalue weighted by molar-refractivity contribution is 7.89. The Hall–Kier alpha value is -3.36. The van der Waals surface area contributed by atoms with Crippen LogP contribution in [0, 0.1) is 6.92 Å². The van der Waals surface area contributed by atoms with E-state index in [4.69, 9.17) is 9.47 Å². The summed E-state index contributed by atoms with van der Waals surface area (Å²) in [5.74, 6) is 1.35. The number of anilines is 1. The summed E-state index contributed by atoms with van der Waals surface area (Å²) in [7, 11) is -3.48. The van der Waals surface area contributed by atoms with Gasteiger partial charge in [-0.05, 0) is 91.3 Å². The summed E-state index contributed by atoms with van der Waals surface area (Å²) in [4.78, 5) is 13.7. The normalized spacial score (nSPS) is 18.4. The highest BCUT2D eigenvalue weighted by Gasteiger charge is 2.51. The van der Waals surface area contributed by atoms with E-state index >= 15 is 0 Å². The Morgan fingerprint density at radius 3 is 2.38 bits per heavy atom. The minimum absolute atomic E-state index is 0. The molecule has 3 aromatic carbocycles. The number of rotatable bonds is 6. The molecule has 1 saturated carbocycles. The van der Waals surface area contributed by atoms with Gasteiger partial charge < -0.3 is 14.8 Å². The lowest BCUT2D eigenvalue weighted by molar-refractivity contribution is -0.118. The lowest BCUT2D eigenvalue weighted by Crippen LogP contribution is -2.35. The molecule has 0 aromatic heterocycles. The van der Waals surface area contributed by atoms with Gasteiger partial charge in [-0.15, -0.1) is 0 Å². The summed E-state index contributed by atoms with van der Waals surface area (Å²) in [5, 5.41) is 3.11. The van der Waals surface area contributed by atoms with Crippen LogP contribution in [0.25, 0.3) is 11.1 Å². The topological polar surface area (TPSA) is 84.9 Å². The van der Waals surface area contributed by atoms with Crippen molar-refractivity contribution in [2.45, 2.75) is 49.3 Å². The molecule has 2 heterocycles. The van der Waals surface area contributed by atoms with Gasteiger partial charge in [0, 0.05) is 20.2 Å². The van der Waals surface area contributed by atoms with Crippen LogP contribution in [-0.2, 0) is 20.2 Å². The molecule has 0 bridgehead atoms. The third kappa shape index (κ3) is 4.38. The van der Waals surface area contributed by atoms with Gasteiger partial charge in [0.2, 0.25) is 22.7 Å².